The van der Waals surface area contributed by atoms with Crippen molar-refractivity contribution in [2.45, 2.75) is 6.42 Å². The average Bonchev–Trinajstić information content (AvgIpc) is 2.48. The minimum absolute atomic E-state index is 0.0510. The summed E-state index contributed by atoms with van der Waals surface area (Å²) in [5, 5.41) is 8.87. The van der Waals surface area contributed by atoms with Crippen molar-refractivity contribution < 1.29 is 19.0 Å². The van der Waals surface area contributed by atoms with Crippen LogP contribution < -0.4 is 4.74 Å². The van der Waals surface area contributed by atoms with Crippen molar-refractivity contribution in [2.75, 3.05) is 45.9 Å². The fourth-order valence-corrected chi connectivity index (χ4v) is 2.33. The molecule has 1 heterocycles. The van der Waals surface area contributed by atoms with E-state index in [1.807, 2.05) is 4.90 Å². The molecule has 0 unspecified atom stereocenters. The summed E-state index contributed by atoms with van der Waals surface area (Å²) < 4.78 is 18.3. The molecule has 5 nitrogen and oxygen atoms in total. The number of benzene rings is 1. The van der Waals surface area contributed by atoms with E-state index in [1.165, 1.54) is 12.1 Å². The van der Waals surface area contributed by atoms with E-state index in [9.17, 15) is 9.18 Å². The van der Waals surface area contributed by atoms with Gasteiger partial charge in [0.25, 0.3) is 0 Å². The molecular weight excluding hydrogens is 275 g/mol. The highest BCUT2D eigenvalue weighted by molar-refractivity contribution is 5.76. The first-order valence-electron chi connectivity index (χ1n) is 7.18. The normalized spacial score (nSPS) is 16.0. The van der Waals surface area contributed by atoms with E-state index in [1.54, 1.807) is 12.1 Å². The Morgan fingerprint density at radius 2 is 2.05 bits per heavy atom. The summed E-state index contributed by atoms with van der Waals surface area (Å²) in [4.78, 5) is 16.0. The second-order valence-electron chi connectivity index (χ2n) is 5.00. The Labute approximate surface area is 123 Å². The third-order valence-corrected chi connectivity index (χ3v) is 3.52. The number of aliphatic hydroxyl groups excluding tert-OH is 1. The lowest BCUT2D eigenvalue weighted by Gasteiger charge is -2.34. The van der Waals surface area contributed by atoms with Crippen LogP contribution >= 0.6 is 0 Å². The van der Waals surface area contributed by atoms with Gasteiger partial charge >= 0.3 is 0 Å². The molecule has 1 aromatic carbocycles. The molecule has 116 valence electrons. The van der Waals surface area contributed by atoms with E-state index in [0.717, 1.165) is 13.1 Å². The largest absolute Gasteiger partial charge is 0.493 e. The molecule has 1 aliphatic heterocycles. The topological polar surface area (TPSA) is 53.0 Å². The molecule has 6 heteroatoms. The van der Waals surface area contributed by atoms with Gasteiger partial charge in [0.2, 0.25) is 5.91 Å². The minimum atomic E-state index is -0.348. The van der Waals surface area contributed by atoms with Crippen LogP contribution in [0.25, 0.3) is 0 Å². The fraction of sp³-hybridized carbons (Fsp3) is 0.533. The first kappa shape index (κ1) is 15.7. The summed E-state index contributed by atoms with van der Waals surface area (Å²) in [6, 6.07) is 5.90. The summed E-state index contributed by atoms with van der Waals surface area (Å²) in [5.41, 5.74) is 0. The molecule has 1 amide bonds. The minimum Gasteiger partial charge on any atom is -0.493 e. The van der Waals surface area contributed by atoms with E-state index >= 15 is 0 Å². The summed E-state index contributed by atoms with van der Waals surface area (Å²) in [6.07, 6.45) is 0.288. The molecular formula is C15H21FN2O3. The van der Waals surface area contributed by atoms with Crippen molar-refractivity contribution in [3.63, 3.8) is 0 Å². The first-order chi connectivity index (χ1) is 10.2. The molecule has 21 heavy (non-hydrogen) atoms. The van der Waals surface area contributed by atoms with E-state index in [4.69, 9.17) is 9.84 Å². The van der Waals surface area contributed by atoms with Gasteiger partial charge in [-0.25, -0.2) is 4.39 Å². The highest BCUT2D eigenvalue weighted by Gasteiger charge is 2.20. The van der Waals surface area contributed by atoms with Crippen LogP contribution in [0.4, 0.5) is 4.39 Å². The van der Waals surface area contributed by atoms with Crippen LogP contribution in [0.15, 0.2) is 24.3 Å². The first-order valence-corrected chi connectivity index (χ1v) is 7.18. The Balaban J connectivity index is 1.68. The Hall–Kier alpha value is -1.66. The quantitative estimate of drug-likeness (QED) is 0.841. The zero-order valence-corrected chi connectivity index (χ0v) is 12.0. The van der Waals surface area contributed by atoms with Gasteiger partial charge in [0, 0.05) is 38.8 Å². The Bertz CT molecular complexity index is 462. The van der Waals surface area contributed by atoms with Gasteiger partial charge in [0.1, 0.15) is 11.6 Å². The van der Waals surface area contributed by atoms with Gasteiger partial charge in [0.15, 0.2) is 0 Å². The summed E-state index contributed by atoms with van der Waals surface area (Å²) in [7, 11) is 0. The maximum Gasteiger partial charge on any atom is 0.226 e. The van der Waals surface area contributed by atoms with Crippen molar-refractivity contribution in [3.8, 4) is 5.75 Å². The molecule has 0 aromatic heterocycles. The van der Waals surface area contributed by atoms with Crippen LogP contribution in [-0.4, -0.2) is 66.8 Å². The molecule has 0 spiro atoms. The molecule has 1 N–H and O–H groups in total. The molecule has 0 bridgehead atoms. The number of carbonyl (C=O) groups is 1. The summed E-state index contributed by atoms with van der Waals surface area (Å²) >= 11 is 0. The van der Waals surface area contributed by atoms with Crippen LogP contribution in [0, 0.1) is 5.82 Å². The van der Waals surface area contributed by atoms with Crippen molar-refractivity contribution >= 4 is 5.91 Å². The fourth-order valence-electron chi connectivity index (χ4n) is 2.33. The number of ether oxygens (including phenoxy) is 1. The second kappa shape index (κ2) is 7.95. The zero-order valence-electron chi connectivity index (χ0n) is 12.0. The van der Waals surface area contributed by atoms with E-state index < -0.39 is 0 Å². The van der Waals surface area contributed by atoms with Crippen molar-refractivity contribution in [1.82, 2.24) is 9.80 Å². The lowest BCUT2D eigenvalue weighted by atomic mass is 10.3. The predicted molar refractivity (Wildman–Crippen MR) is 76.6 cm³/mol. The third kappa shape index (κ3) is 4.99. The van der Waals surface area contributed by atoms with Crippen LogP contribution in [0.5, 0.6) is 5.75 Å². The van der Waals surface area contributed by atoms with Gasteiger partial charge in [-0.2, -0.15) is 0 Å². The molecule has 0 atom stereocenters. The number of hydrogen-bond acceptors (Lipinski definition) is 4. The predicted octanol–water partition coefficient (Wildman–Crippen LogP) is 0.731. The van der Waals surface area contributed by atoms with Gasteiger partial charge in [-0.15, -0.1) is 0 Å². The third-order valence-electron chi connectivity index (χ3n) is 3.52. The van der Waals surface area contributed by atoms with Gasteiger partial charge in [-0.1, -0.05) is 6.07 Å². The number of amides is 1. The summed E-state index contributed by atoms with van der Waals surface area (Å²) in [5.74, 6) is 0.143. The van der Waals surface area contributed by atoms with Gasteiger partial charge in [-0.3, -0.25) is 9.69 Å². The van der Waals surface area contributed by atoms with Crippen molar-refractivity contribution in [1.29, 1.82) is 0 Å². The number of β-amino-alcohol motifs (C(OH)–C–C–N with tert-alkyl or cyclic N) is 1. The Kier molecular flexibility index (Phi) is 5.95. The highest BCUT2D eigenvalue weighted by Crippen LogP contribution is 2.12. The molecule has 1 saturated heterocycles. The number of hydrogen-bond donors (Lipinski definition) is 1. The molecule has 0 radical (unpaired) electrons. The lowest BCUT2D eigenvalue weighted by Crippen LogP contribution is -2.49. The Morgan fingerprint density at radius 3 is 2.71 bits per heavy atom. The Morgan fingerprint density at radius 1 is 1.29 bits per heavy atom. The van der Waals surface area contributed by atoms with Gasteiger partial charge in [0.05, 0.1) is 19.6 Å². The number of aliphatic hydroxyl groups is 1. The molecule has 1 aliphatic rings. The maximum atomic E-state index is 13.0. The van der Waals surface area contributed by atoms with Gasteiger partial charge < -0.3 is 14.7 Å². The van der Waals surface area contributed by atoms with Crippen molar-refractivity contribution in [2.24, 2.45) is 0 Å². The highest BCUT2D eigenvalue weighted by atomic mass is 19.1. The zero-order chi connectivity index (χ0) is 15.1. The number of piperazine rings is 1. The van der Waals surface area contributed by atoms with Gasteiger partial charge in [-0.05, 0) is 12.1 Å². The van der Waals surface area contributed by atoms with Crippen LogP contribution in [0.1, 0.15) is 6.42 Å². The SMILES string of the molecule is O=C(CCOc1cccc(F)c1)N1CCN(CCO)CC1. The number of halogens is 1. The van der Waals surface area contributed by atoms with Crippen LogP contribution in [-0.2, 0) is 4.79 Å². The summed E-state index contributed by atoms with van der Waals surface area (Å²) in [6.45, 7) is 3.99. The second-order valence-corrected chi connectivity index (χ2v) is 5.00. The number of rotatable bonds is 6. The smallest absolute Gasteiger partial charge is 0.226 e. The number of carbonyl (C=O) groups excluding carboxylic acids is 1. The maximum absolute atomic E-state index is 13.0. The number of nitrogens with zero attached hydrogens (tertiary/aromatic N) is 2. The van der Waals surface area contributed by atoms with E-state index in [2.05, 4.69) is 4.90 Å². The molecule has 0 aliphatic carbocycles. The van der Waals surface area contributed by atoms with Crippen molar-refractivity contribution in [3.05, 3.63) is 30.1 Å². The van der Waals surface area contributed by atoms with E-state index in [-0.39, 0.29) is 31.4 Å². The molecule has 2 rings (SSSR count). The standard InChI is InChI=1S/C15H21FN2O3/c16-13-2-1-3-14(12-13)21-11-4-15(20)18-7-5-17(6-8-18)9-10-19/h1-3,12,19H,4-11H2. The average molecular weight is 296 g/mol. The van der Waals surface area contributed by atoms with E-state index in [0.29, 0.717) is 25.4 Å². The van der Waals surface area contributed by atoms with Crippen LogP contribution in [0.2, 0.25) is 0 Å². The molecule has 0 saturated carbocycles. The lowest BCUT2D eigenvalue weighted by molar-refractivity contribution is -0.133. The van der Waals surface area contributed by atoms with Crippen LogP contribution in [0.3, 0.4) is 0 Å². The molecule has 1 fully saturated rings. The molecule has 1 aromatic rings. The monoisotopic (exact) mass is 296 g/mol.